The molecule has 1 fully saturated rings. The molecule has 1 aliphatic heterocycles. The molecule has 2 amide bonds. The number of rotatable bonds is 5. The molecule has 1 saturated heterocycles. The van der Waals surface area contributed by atoms with Gasteiger partial charge < -0.3 is 10.6 Å². The Morgan fingerprint density at radius 3 is 2.50 bits per heavy atom. The Morgan fingerprint density at radius 1 is 1.11 bits per heavy atom. The molecular formula is C21H25BrN4O2. The number of hydrogen-bond acceptors (Lipinski definition) is 4. The fourth-order valence-electron chi connectivity index (χ4n) is 3.30. The van der Waals surface area contributed by atoms with Gasteiger partial charge in [0.25, 0.3) is 0 Å². The lowest BCUT2D eigenvalue weighted by Crippen LogP contribution is -2.41. The molecule has 2 N–H and O–H groups in total. The summed E-state index contributed by atoms with van der Waals surface area (Å²) in [5.74, 6) is 0.505. The zero-order chi connectivity index (χ0) is 20.1. The van der Waals surface area contributed by atoms with E-state index in [1.807, 2.05) is 44.2 Å². The Labute approximate surface area is 173 Å². The maximum Gasteiger partial charge on any atom is 0.238 e. The summed E-state index contributed by atoms with van der Waals surface area (Å²) >= 11 is 3.48. The van der Waals surface area contributed by atoms with Crippen LogP contribution in [0.4, 0.5) is 11.5 Å². The third-order valence-electron chi connectivity index (χ3n) is 4.89. The number of nitrogens with zero attached hydrogens (tertiary/aromatic N) is 2. The van der Waals surface area contributed by atoms with E-state index in [2.05, 4.69) is 36.4 Å². The minimum Gasteiger partial charge on any atom is -0.324 e. The van der Waals surface area contributed by atoms with E-state index in [4.69, 9.17) is 0 Å². The first kappa shape index (κ1) is 20.5. The fourth-order valence-corrected chi connectivity index (χ4v) is 3.89. The van der Waals surface area contributed by atoms with E-state index in [9.17, 15) is 9.59 Å². The maximum atomic E-state index is 12.5. The van der Waals surface area contributed by atoms with Crippen LogP contribution in [0.3, 0.4) is 0 Å². The topological polar surface area (TPSA) is 74.3 Å². The Bertz CT molecular complexity index is 863. The number of likely N-dealkylation sites (tertiary alicyclic amines) is 1. The van der Waals surface area contributed by atoms with Crippen LogP contribution < -0.4 is 10.6 Å². The van der Waals surface area contributed by atoms with Gasteiger partial charge in [-0.25, -0.2) is 4.98 Å². The first-order valence-electron chi connectivity index (χ1n) is 9.42. The van der Waals surface area contributed by atoms with Crippen molar-refractivity contribution in [3.8, 4) is 0 Å². The van der Waals surface area contributed by atoms with Crippen molar-refractivity contribution in [2.24, 2.45) is 5.92 Å². The zero-order valence-corrected chi connectivity index (χ0v) is 17.8. The number of amides is 2. The molecule has 0 unspecified atom stereocenters. The van der Waals surface area contributed by atoms with Crippen molar-refractivity contribution in [2.45, 2.75) is 26.7 Å². The van der Waals surface area contributed by atoms with Gasteiger partial charge in [-0.2, -0.15) is 0 Å². The minimum atomic E-state index is -0.0483. The predicted octanol–water partition coefficient (Wildman–Crippen LogP) is 3.75. The number of aromatic nitrogens is 1. The lowest BCUT2D eigenvalue weighted by Gasteiger charge is -2.30. The molecule has 1 aliphatic rings. The van der Waals surface area contributed by atoms with Gasteiger partial charge in [0.05, 0.1) is 12.2 Å². The van der Waals surface area contributed by atoms with Crippen molar-refractivity contribution in [3.05, 3.63) is 52.1 Å². The van der Waals surface area contributed by atoms with Crippen LogP contribution in [0, 0.1) is 19.8 Å². The van der Waals surface area contributed by atoms with Crippen LogP contribution in [0.15, 0.2) is 41.0 Å². The van der Waals surface area contributed by atoms with Crippen LogP contribution >= 0.6 is 15.9 Å². The van der Waals surface area contributed by atoms with Gasteiger partial charge in [0, 0.05) is 16.6 Å². The summed E-state index contributed by atoms with van der Waals surface area (Å²) in [7, 11) is 0. The third-order valence-corrected chi connectivity index (χ3v) is 5.55. The van der Waals surface area contributed by atoms with Gasteiger partial charge in [-0.3, -0.25) is 14.5 Å². The van der Waals surface area contributed by atoms with E-state index in [-0.39, 0.29) is 17.7 Å². The highest BCUT2D eigenvalue weighted by atomic mass is 79.9. The number of benzene rings is 1. The molecule has 0 saturated carbocycles. The van der Waals surface area contributed by atoms with Crippen molar-refractivity contribution >= 4 is 39.2 Å². The van der Waals surface area contributed by atoms with Gasteiger partial charge in [-0.1, -0.05) is 6.07 Å². The summed E-state index contributed by atoms with van der Waals surface area (Å²) in [6.45, 7) is 5.75. The largest absolute Gasteiger partial charge is 0.324 e. The molecule has 2 aromatic rings. The lowest BCUT2D eigenvalue weighted by molar-refractivity contribution is -0.121. The van der Waals surface area contributed by atoms with E-state index < -0.39 is 0 Å². The van der Waals surface area contributed by atoms with Gasteiger partial charge >= 0.3 is 0 Å². The summed E-state index contributed by atoms with van der Waals surface area (Å²) in [4.78, 5) is 31.1. The van der Waals surface area contributed by atoms with Gasteiger partial charge in [0.1, 0.15) is 5.82 Å². The highest BCUT2D eigenvalue weighted by molar-refractivity contribution is 9.10. The van der Waals surface area contributed by atoms with Crippen molar-refractivity contribution in [1.29, 1.82) is 0 Å². The summed E-state index contributed by atoms with van der Waals surface area (Å²) in [6, 6.07) is 9.60. The average molecular weight is 445 g/mol. The highest BCUT2D eigenvalue weighted by Crippen LogP contribution is 2.24. The molecule has 1 aromatic carbocycles. The van der Waals surface area contributed by atoms with Crippen molar-refractivity contribution in [1.82, 2.24) is 9.88 Å². The molecule has 6 nitrogen and oxygen atoms in total. The van der Waals surface area contributed by atoms with Crippen LogP contribution in [0.25, 0.3) is 0 Å². The second-order valence-electron chi connectivity index (χ2n) is 7.29. The smallest absolute Gasteiger partial charge is 0.238 e. The average Bonchev–Trinajstić information content (AvgIpc) is 2.64. The zero-order valence-electron chi connectivity index (χ0n) is 16.2. The maximum absolute atomic E-state index is 12.5. The van der Waals surface area contributed by atoms with Crippen molar-refractivity contribution < 1.29 is 9.59 Å². The van der Waals surface area contributed by atoms with E-state index in [1.54, 1.807) is 6.20 Å². The minimum absolute atomic E-state index is 0.00536. The number of carbonyl (C=O) groups excluding carboxylic acids is 2. The standard InChI is InChI=1S/C21H25BrN4O2/c1-14-3-4-18(17(22)11-14)24-20(27)13-26-9-6-16(7-10-26)21(28)25-19-12-15(2)5-8-23-19/h3-5,8,11-12,16H,6-7,9-10,13H2,1-2H3,(H,24,27)(H,23,25,28). The number of aryl methyl sites for hydroxylation is 2. The fraction of sp³-hybridized carbons (Fsp3) is 0.381. The van der Waals surface area contributed by atoms with Crippen LogP contribution in [-0.4, -0.2) is 41.3 Å². The van der Waals surface area contributed by atoms with E-state index in [1.165, 1.54) is 0 Å². The Kier molecular flexibility index (Phi) is 6.80. The molecule has 3 rings (SSSR count). The number of anilines is 2. The van der Waals surface area contributed by atoms with E-state index >= 15 is 0 Å². The Morgan fingerprint density at radius 2 is 1.82 bits per heavy atom. The van der Waals surface area contributed by atoms with E-state index in [0.717, 1.165) is 47.2 Å². The number of nitrogens with one attached hydrogen (secondary N) is 2. The molecule has 0 spiro atoms. The van der Waals surface area contributed by atoms with Crippen molar-refractivity contribution in [3.63, 3.8) is 0 Å². The monoisotopic (exact) mass is 444 g/mol. The third kappa shape index (κ3) is 5.62. The SMILES string of the molecule is Cc1ccnc(NC(=O)C2CCN(CC(=O)Nc3ccc(C)cc3Br)CC2)c1. The van der Waals surface area contributed by atoms with Gasteiger partial charge in [-0.05, 0) is 91.1 Å². The van der Waals surface area contributed by atoms with Crippen molar-refractivity contribution in [2.75, 3.05) is 30.3 Å². The van der Waals surface area contributed by atoms with Crippen LogP contribution in [0.2, 0.25) is 0 Å². The van der Waals surface area contributed by atoms with Gasteiger partial charge in [-0.15, -0.1) is 0 Å². The second-order valence-corrected chi connectivity index (χ2v) is 8.14. The second kappa shape index (κ2) is 9.30. The molecule has 0 bridgehead atoms. The molecular weight excluding hydrogens is 420 g/mol. The van der Waals surface area contributed by atoms with E-state index in [0.29, 0.717) is 12.4 Å². The molecule has 0 atom stereocenters. The van der Waals surface area contributed by atoms with Gasteiger partial charge in [0.15, 0.2) is 0 Å². The first-order valence-corrected chi connectivity index (χ1v) is 10.2. The van der Waals surface area contributed by atoms with Crippen LogP contribution in [0.1, 0.15) is 24.0 Å². The molecule has 148 valence electrons. The highest BCUT2D eigenvalue weighted by Gasteiger charge is 2.26. The number of piperidine rings is 1. The molecule has 7 heteroatoms. The Balaban J connectivity index is 1.45. The number of pyridine rings is 1. The van der Waals surface area contributed by atoms with Gasteiger partial charge in [0.2, 0.25) is 11.8 Å². The molecule has 28 heavy (non-hydrogen) atoms. The predicted molar refractivity (Wildman–Crippen MR) is 114 cm³/mol. The normalized spacial score (nSPS) is 15.2. The quantitative estimate of drug-likeness (QED) is 0.736. The molecule has 2 heterocycles. The molecule has 0 radical (unpaired) electrons. The van der Waals surface area contributed by atoms with Crippen LogP contribution in [-0.2, 0) is 9.59 Å². The van der Waals surface area contributed by atoms with Crippen LogP contribution in [0.5, 0.6) is 0 Å². The lowest BCUT2D eigenvalue weighted by atomic mass is 9.96. The molecule has 1 aromatic heterocycles. The number of halogens is 1. The first-order chi connectivity index (χ1) is 13.4. The number of carbonyl (C=O) groups is 2. The Hall–Kier alpha value is -2.25. The summed E-state index contributed by atoms with van der Waals surface area (Å²) in [5, 5.41) is 5.84. The summed E-state index contributed by atoms with van der Waals surface area (Å²) in [6.07, 6.45) is 3.16. The molecule has 0 aliphatic carbocycles. The summed E-state index contributed by atoms with van der Waals surface area (Å²) < 4.78 is 0.876. The summed E-state index contributed by atoms with van der Waals surface area (Å²) in [5.41, 5.74) is 2.97. The number of hydrogen-bond donors (Lipinski definition) is 2.